The fraction of sp³-hybridized carbons (Fsp3) is 0.475. The number of urea groups is 1. The van der Waals surface area contributed by atoms with Gasteiger partial charge in [0.25, 0.3) is 0 Å². The van der Waals surface area contributed by atoms with E-state index in [1.165, 1.54) is 6.08 Å². The van der Waals surface area contributed by atoms with Crippen molar-refractivity contribution >= 4 is 37.6 Å². The van der Waals surface area contributed by atoms with Crippen LogP contribution in [0.2, 0.25) is 0 Å². The monoisotopic (exact) mass is 815 g/mol. The number of aliphatic hydroxyl groups is 2. The number of ether oxygens (including phenoxy) is 2. The van der Waals surface area contributed by atoms with E-state index >= 15 is 0 Å². The van der Waals surface area contributed by atoms with Gasteiger partial charge in [0.1, 0.15) is 6.10 Å². The average Bonchev–Trinajstić information content (AvgIpc) is 3.23. The lowest BCUT2D eigenvalue weighted by atomic mass is 9.69. The fourth-order valence-electron chi connectivity index (χ4n) is 7.77. The number of carbonyl (C=O) groups excluding carboxylic acids is 1. The Morgan fingerprint density at radius 1 is 1.07 bits per heavy atom. The summed E-state index contributed by atoms with van der Waals surface area (Å²) in [6.45, 7) is 7.13. The average molecular weight is 816 g/mol. The number of unbranched alkanes of at least 4 members (excludes halogenated alkanes) is 1. The molecule has 16 heteroatoms. The highest BCUT2D eigenvalue weighted by molar-refractivity contribution is 7.91. The highest BCUT2D eigenvalue weighted by atomic mass is 32.3. The normalized spacial score (nSPS) is 27.4. The van der Waals surface area contributed by atoms with Crippen LogP contribution in [0.1, 0.15) is 62.1 Å². The minimum Gasteiger partial charge on any atom is -0.392 e. The van der Waals surface area contributed by atoms with E-state index in [4.69, 9.17) is 9.47 Å². The van der Waals surface area contributed by atoms with Gasteiger partial charge in [-0.3, -0.25) is 4.55 Å². The van der Waals surface area contributed by atoms with Crippen molar-refractivity contribution in [1.82, 2.24) is 5.32 Å². The van der Waals surface area contributed by atoms with Gasteiger partial charge in [0.2, 0.25) is 0 Å². The summed E-state index contributed by atoms with van der Waals surface area (Å²) in [7, 11) is -4.97. The smallest absolute Gasteiger partial charge is 0.392 e. The number of sulfone groups is 1. The third kappa shape index (κ3) is 9.98. The number of rotatable bonds is 15. The molecule has 56 heavy (non-hydrogen) atoms. The molecule has 2 amide bonds. The molecule has 306 valence electrons. The van der Waals surface area contributed by atoms with Crippen LogP contribution in [0.15, 0.2) is 90.3 Å². The number of anilines is 2. The number of carbonyl (C=O) groups is 1. The van der Waals surface area contributed by atoms with E-state index in [2.05, 4.69) is 21.4 Å². The van der Waals surface area contributed by atoms with Crippen LogP contribution in [0.3, 0.4) is 0 Å². The highest BCUT2D eigenvalue weighted by Gasteiger charge is 2.49. The standard InChI is InChI=1S/C40H53N3O11S2/c1-6-9-20-40(8-3)25-55(47,48)33-19-18-29(43(4)5)22-31(33)34(37(40)45)27-16-13-17-28(21-27)41-39(46)42-38-35(44)36(52-23-26-14-11-10-12-15-26)30(7-2)32(54-38)24-53-56(49,50)51/h7,10-19,21-22,30,32,34-38,44-45H,2,6,8-9,20,23-25H2,1,3-5H3,(H2,41,42,46)(H,49,50,51)/t30?,32-,34+,35-,36+,37+,38-,40-/m1/s1. The molecule has 1 fully saturated rings. The maximum Gasteiger partial charge on any atom is 0.397 e. The molecule has 1 unspecified atom stereocenters. The summed E-state index contributed by atoms with van der Waals surface area (Å²) in [6.07, 6.45) is -2.23. The minimum absolute atomic E-state index is 0.0652. The largest absolute Gasteiger partial charge is 0.397 e. The fourth-order valence-corrected chi connectivity index (χ4v) is 10.3. The quantitative estimate of drug-likeness (QED) is 0.101. The lowest BCUT2D eigenvalue weighted by Gasteiger charge is -2.43. The van der Waals surface area contributed by atoms with Crippen molar-refractivity contribution in [2.24, 2.45) is 11.3 Å². The Balaban J connectivity index is 1.45. The number of amides is 2. The molecule has 2 heterocycles. The number of aliphatic hydroxyl groups excluding tert-OH is 2. The number of nitrogens with zero attached hydrogens (tertiary/aromatic N) is 1. The van der Waals surface area contributed by atoms with Crippen LogP contribution in [0.4, 0.5) is 16.2 Å². The molecule has 0 aromatic heterocycles. The first-order valence-electron chi connectivity index (χ1n) is 18.7. The molecule has 8 atom stereocenters. The highest BCUT2D eigenvalue weighted by Crippen LogP contribution is 2.49. The Morgan fingerprint density at radius 2 is 1.80 bits per heavy atom. The number of hydrogen-bond acceptors (Lipinski definition) is 11. The summed E-state index contributed by atoms with van der Waals surface area (Å²) >= 11 is 0. The summed E-state index contributed by atoms with van der Waals surface area (Å²) in [5, 5.41) is 29.1. The molecular formula is C40H53N3O11S2. The van der Waals surface area contributed by atoms with Crippen LogP contribution >= 0.6 is 0 Å². The molecule has 0 saturated carbocycles. The SMILES string of the molecule is C=CC1[C@@H](COS(=O)(=O)O)O[C@@H](NC(=O)Nc2cccc([C@H]3c4cc(N(C)C)ccc4S(=O)(=O)C[C@@](CC)(CCCC)[C@H]3O)c2)[C@H](O)[C@H]1OCc1ccccc1. The van der Waals surface area contributed by atoms with Crippen LogP contribution in [0.25, 0.3) is 0 Å². The van der Waals surface area contributed by atoms with Crippen molar-refractivity contribution in [2.75, 3.05) is 36.7 Å². The molecule has 2 aliphatic rings. The molecule has 0 spiro atoms. The van der Waals surface area contributed by atoms with Gasteiger partial charge in [-0.05, 0) is 59.9 Å². The lowest BCUT2D eigenvalue weighted by Crippen LogP contribution is -2.61. The molecule has 2 aliphatic heterocycles. The first kappa shape index (κ1) is 43.3. The Morgan fingerprint density at radius 3 is 2.45 bits per heavy atom. The molecule has 0 aliphatic carbocycles. The lowest BCUT2D eigenvalue weighted by molar-refractivity contribution is -0.217. The predicted octanol–water partition coefficient (Wildman–Crippen LogP) is 5.03. The summed E-state index contributed by atoms with van der Waals surface area (Å²) in [5.74, 6) is -1.79. The molecule has 0 bridgehead atoms. The Bertz CT molecular complexity index is 2050. The van der Waals surface area contributed by atoms with Crippen molar-refractivity contribution < 1.29 is 50.1 Å². The van der Waals surface area contributed by atoms with Crippen LogP contribution in [0.5, 0.6) is 0 Å². The molecule has 3 aromatic carbocycles. The van der Waals surface area contributed by atoms with Gasteiger partial charge in [0.05, 0.1) is 42.2 Å². The Hall–Kier alpha value is -3.87. The zero-order valence-electron chi connectivity index (χ0n) is 32.1. The van der Waals surface area contributed by atoms with Crippen LogP contribution in [-0.4, -0.2) is 94.7 Å². The van der Waals surface area contributed by atoms with Gasteiger partial charge in [0.15, 0.2) is 16.1 Å². The molecule has 1 saturated heterocycles. The number of benzene rings is 3. The van der Waals surface area contributed by atoms with Gasteiger partial charge in [-0.25, -0.2) is 17.4 Å². The second-order valence-electron chi connectivity index (χ2n) is 14.7. The first-order valence-corrected chi connectivity index (χ1v) is 21.7. The molecule has 5 N–H and O–H groups in total. The van der Waals surface area contributed by atoms with Gasteiger partial charge in [-0.2, -0.15) is 8.42 Å². The van der Waals surface area contributed by atoms with E-state index in [1.807, 2.05) is 63.2 Å². The maximum atomic E-state index is 14.1. The third-order valence-electron chi connectivity index (χ3n) is 10.8. The predicted molar refractivity (Wildman–Crippen MR) is 212 cm³/mol. The molecular weight excluding hydrogens is 763 g/mol. The van der Waals surface area contributed by atoms with Crippen molar-refractivity contribution in [3.63, 3.8) is 0 Å². The van der Waals surface area contributed by atoms with E-state index in [0.717, 1.165) is 24.1 Å². The maximum absolute atomic E-state index is 14.1. The van der Waals surface area contributed by atoms with Gasteiger partial charge in [-0.1, -0.05) is 75.2 Å². The summed E-state index contributed by atoms with van der Waals surface area (Å²) < 4.78 is 76.9. The van der Waals surface area contributed by atoms with Crippen LogP contribution < -0.4 is 15.5 Å². The van der Waals surface area contributed by atoms with Crippen molar-refractivity contribution in [3.05, 3.63) is 102 Å². The van der Waals surface area contributed by atoms with Crippen LogP contribution in [0, 0.1) is 11.3 Å². The van der Waals surface area contributed by atoms with Gasteiger partial charge < -0.3 is 35.2 Å². The van der Waals surface area contributed by atoms with E-state index in [-0.39, 0.29) is 17.3 Å². The topological polar surface area (TPSA) is 201 Å². The molecule has 3 aromatic rings. The van der Waals surface area contributed by atoms with Crippen molar-refractivity contribution in [3.8, 4) is 0 Å². The van der Waals surface area contributed by atoms with E-state index < -0.39 is 80.8 Å². The molecule has 5 rings (SSSR count). The van der Waals surface area contributed by atoms with Gasteiger partial charge >= 0.3 is 16.4 Å². The van der Waals surface area contributed by atoms with Gasteiger partial charge in [0, 0.05) is 42.7 Å². The zero-order chi connectivity index (χ0) is 40.8. The Kier molecular flexibility index (Phi) is 14.0. The van der Waals surface area contributed by atoms with E-state index in [9.17, 15) is 36.4 Å². The van der Waals surface area contributed by atoms with Crippen LogP contribution in [-0.2, 0) is 40.5 Å². The molecule has 0 radical (unpaired) electrons. The minimum atomic E-state index is -4.86. The van der Waals surface area contributed by atoms with Crippen molar-refractivity contribution in [2.45, 2.75) is 87.6 Å². The summed E-state index contributed by atoms with van der Waals surface area (Å²) in [6, 6.07) is 20.3. The Labute approximate surface area is 329 Å². The zero-order valence-corrected chi connectivity index (χ0v) is 33.7. The number of hydrogen-bond donors (Lipinski definition) is 5. The second-order valence-corrected chi connectivity index (χ2v) is 17.8. The number of fused-ring (bicyclic) bond motifs is 1. The first-order chi connectivity index (χ1) is 26.5. The second kappa shape index (κ2) is 18.2. The summed E-state index contributed by atoms with van der Waals surface area (Å²) in [5.41, 5.74) is 1.96. The third-order valence-corrected chi connectivity index (χ3v) is 13.3. The molecule has 14 nitrogen and oxygen atoms in total. The summed E-state index contributed by atoms with van der Waals surface area (Å²) in [4.78, 5) is 15.6. The van der Waals surface area contributed by atoms with Gasteiger partial charge in [-0.15, -0.1) is 6.58 Å². The van der Waals surface area contributed by atoms with E-state index in [1.54, 1.807) is 42.5 Å². The van der Waals surface area contributed by atoms with E-state index in [0.29, 0.717) is 29.7 Å². The number of nitrogens with one attached hydrogen (secondary N) is 2. The van der Waals surface area contributed by atoms with Crippen molar-refractivity contribution in [1.29, 1.82) is 0 Å².